The van der Waals surface area contributed by atoms with Crippen molar-refractivity contribution in [2.45, 2.75) is 0 Å². The van der Waals surface area contributed by atoms with E-state index in [4.69, 9.17) is 46.4 Å². The molecule has 0 radical (unpaired) electrons. The van der Waals surface area contributed by atoms with Gasteiger partial charge in [0.15, 0.2) is 0 Å². The number of nitrogens with one attached hydrogen (secondary N) is 2. The Labute approximate surface area is 170 Å². The zero-order chi connectivity index (χ0) is 19.0. The van der Waals surface area contributed by atoms with Gasteiger partial charge in [-0.3, -0.25) is 9.59 Å². The lowest BCUT2D eigenvalue weighted by Crippen LogP contribution is -2.20. The summed E-state index contributed by atoms with van der Waals surface area (Å²) in [6.45, 7) is 3.80. The first-order chi connectivity index (χ1) is 12.3. The molecule has 1 saturated carbocycles. The van der Waals surface area contributed by atoms with Gasteiger partial charge in [-0.25, -0.2) is 0 Å². The van der Waals surface area contributed by atoms with Crippen molar-refractivity contribution >= 4 is 69.6 Å². The minimum atomic E-state index is -0.650. The Morgan fingerprint density at radius 1 is 0.769 bits per heavy atom. The van der Waals surface area contributed by atoms with Crippen molar-refractivity contribution in [1.82, 2.24) is 0 Å². The first-order valence-corrected chi connectivity index (χ1v) is 8.99. The van der Waals surface area contributed by atoms with Crippen LogP contribution in [-0.4, -0.2) is 11.8 Å². The van der Waals surface area contributed by atoms with Gasteiger partial charge in [0.2, 0.25) is 11.8 Å². The number of benzene rings is 2. The maximum Gasteiger partial charge on any atom is 0.232 e. The number of anilines is 2. The maximum atomic E-state index is 12.4. The number of carbonyl (C=O) groups excluding carboxylic acids is 2. The normalized spacial score (nSPS) is 18.4. The van der Waals surface area contributed by atoms with E-state index < -0.39 is 11.8 Å². The average molecular weight is 430 g/mol. The Balaban J connectivity index is 1.68. The molecule has 26 heavy (non-hydrogen) atoms. The highest BCUT2D eigenvalue weighted by atomic mass is 35.5. The highest BCUT2D eigenvalue weighted by Gasteiger charge is 2.52. The fraction of sp³-hybridized carbons (Fsp3) is 0.111. The maximum absolute atomic E-state index is 12.4. The predicted octanol–water partition coefficient (Wildman–Crippen LogP) is 5.68. The van der Waals surface area contributed by atoms with Gasteiger partial charge in [0.1, 0.15) is 0 Å². The molecule has 0 aliphatic heterocycles. The van der Waals surface area contributed by atoms with Crippen LogP contribution in [0.2, 0.25) is 20.1 Å². The number of amides is 2. The molecule has 2 aromatic rings. The monoisotopic (exact) mass is 428 g/mol. The molecular weight excluding hydrogens is 418 g/mol. The third kappa shape index (κ3) is 3.99. The van der Waals surface area contributed by atoms with Crippen LogP contribution in [0, 0.1) is 11.8 Å². The topological polar surface area (TPSA) is 58.2 Å². The average Bonchev–Trinajstić information content (AvgIpc) is 3.26. The van der Waals surface area contributed by atoms with Crippen LogP contribution in [-0.2, 0) is 9.59 Å². The van der Waals surface area contributed by atoms with E-state index in [0.29, 0.717) is 37.0 Å². The van der Waals surface area contributed by atoms with E-state index in [9.17, 15) is 9.59 Å². The molecule has 0 bridgehead atoms. The molecule has 2 atom stereocenters. The Kier molecular flexibility index (Phi) is 5.49. The summed E-state index contributed by atoms with van der Waals surface area (Å²) < 4.78 is 0. The SMILES string of the molecule is C=C1C(C(=O)Nc2cc(Cl)ccc2Cl)[C@@H]1C(=O)Nc1cc(Cl)ccc1Cl. The molecule has 3 rings (SSSR count). The second-order valence-electron chi connectivity index (χ2n) is 5.76. The van der Waals surface area contributed by atoms with Crippen molar-refractivity contribution < 1.29 is 9.59 Å². The molecule has 2 amide bonds. The molecule has 8 heteroatoms. The van der Waals surface area contributed by atoms with Gasteiger partial charge in [0.25, 0.3) is 0 Å². The Morgan fingerprint density at radius 2 is 1.15 bits per heavy atom. The van der Waals surface area contributed by atoms with Crippen LogP contribution in [0.1, 0.15) is 0 Å². The lowest BCUT2D eigenvalue weighted by molar-refractivity contribution is -0.122. The lowest BCUT2D eigenvalue weighted by Gasteiger charge is -2.08. The van der Waals surface area contributed by atoms with Gasteiger partial charge < -0.3 is 10.6 Å². The summed E-state index contributed by atoms with van der Waals surface area (Å²) in [6.07, 6.45) is 0. The first-order valence-electron chi connectivity index (χ1n) is 7.48. The molecule has 0 saturated heterocycles. The lowest BCUT2D eigenvalue weighted by atomic mass is 10.2. The molecular formula is C18H12Cl4N2O2. The van der Waals surface area contributed by atoms with Crippen LogP contribution in [0.5, 0.6) is 0 Å². The van der Waals surface area contributed by atoms with Crippen LogP contribution >= 0.6 is 46.4 Å². The molecule has 2 aromatic carbocycles. The minimum Gasteiger partial charge on any atom is -0.324 e. The first kappa shape index (κ1) is 19.1. The number of hydrogen-bond donors (Lipinski definition) is 2. The van der Waals surface area contributed by atoms with Crippen LogP contribution < -0.4 is 10.6 Å². The van der Waals surface area contributed by atoms with E-state index in [2.05, 4.69) is 17.2 Å². The Hall–Kier alpha value is -1.72. The number of halogens is 4. The summed E-state index contributed by atoms with van der Waals surface area (Å²) in [6, 6.07) is 9.45. The van der Waals surface area contributed by atoms with Crippen molar-refractivity contribution in [2.75, 3.05) is 10.6 Å². The van der Waals surface area contributed by atoms with Crippen molar-refractivity contribution in [1.29, 1.82) is 0 Å². The largest absolute Gasteiger partial charge is 0.324 e. The molecule has 2 N–H and O–H groups in total. The summed E-state index contributed by atoms with van der Waals surface area (Å²) in [5.74, 6) is -2.06. The van der Waals surface area contributed by atoms with Crippen LogP contribution in [0.3, 0.4) is 0 Å². The summed E-state index contributed by atoms with van der Waals surface area (Å²) in [5.41, 5.74) is 1.26. The van der Waals surface area contributed by atoms with Gasteiger partial charge in [0, 0.05) is 10.0 Å². The Bertz CT molecular complexity index is 856. The van der Waals surface area contributed by atoms with Gasteiger partial charge in [-0.15, -0.1) is 0 Å². The van der Waals surface area contributed by atoms with Gasteiger partial charge >= 0.3 is 0 Å². The van der Waals surface area contributed by atoms with Crippen LogP contribution in [0.4, 0.5) is 11.4 Å². The molecule has 134 valence electrons. The summed E-state index contributed by atoms with van der Waals surface area (Å²) in [4.78, 5) is 24.9. The van der Waals surface area contributed by atoms with E-state index in [0.717, 1.165) is 0 Å². The van der Waals surface area contributed by atoms with Crippen LogP contribution in [0.25, 0.3) is 0 Å². The molecule has 0 spiro atoms. The van der Waals surface area contributed by atoms with Crippen molar-refractivity contribution in [3.63, 3.8) is 0 Å². The zero-order valence-corrected chi connectivity index (χ0v) is 16.2. The van der Waals surface area contributed by atoms with Gasteiger partial charge in [-0.2, -0.15) is 0 Å². The van der Waals surface area contributed by atoms with E-state index in [-0.39, 0.29) is 11.8 Å². The van der Waals surface area contributed by atoms with Crippen LogP contribution in [0.15, 0.2) is 48.6 Å². The van der Waals surface area contributed by atoms with E-state index in [1.807, 2.05) is 0 Å². The molecule has 1 aliphatic rings. The molecule has 0 heterocycles. The van der Waals surface area contributed by atoms with E-state index in [1.54, 1.807) is 24.3 Å². The molecule has 1 fully saturated rings. The smallest absolute Gasteiger partial charge is 0.232 e. The summed E-state index contributed by atoms with van der Waals surface area (Å²) in [7, 11) is 0. The third-order valence-corrected chi connectivity index (χ3v) is 5.09. The minimum absolute atomic E-state index is 0.348. The molecule has 1 aliphatic carbocycles. The number of hydrogen-bond acceptors (Lipinski definition) is 2. The van der Waals surface area contributed by atoms with Gasteiger partial charge in [-0.05, 0) is 36.4 Å². The second-order valence-corrected chi connectivity index (χ2v) is 7.44. The van der Waals surface area contributed by atoms with Gasteiger partial charge in [-0.1, -0.05) is 58.6 Å². The fourth-order valence-electron chi connectivity index (χ4n) is 2.56. The second kappa shape index (κ2) is 7.49. The quantitative estimate of drug-likeness (QED) is 0.614. The zero-order valence-electron chi connectivity index (χ0n) is 13.2. The predicted molar refractivity (Wildman–Crippen MR) is 106 cm³/mol. The van der Waals surface area contributed by atoms with Gasteiger partial charge in [0.05, 0.1) is 33.3 Å². The molecule has 1 unspecified atom stereocenters. The molecule has 0 aromatic heterocycles. The standard InChI is InChI=1S/C18H12Cl4N2O2/c1-8-15(17(25)23-13-6-9(19)2-4-11(13)21)16(8)18(26)24-14-7-10(20)3-5-12(14)22/h2-7,15-16H,1H2,(H,23,25)(H,24,26)/t15-,16?/m1/s1. The van der Waals surface area contributed by atoms with E-state index >= 15 is 0 Å². The Morgan fingerprint density at radius 3 is 1.54 bits per heavy atom. The highest BCUT2D eigenvalue weighted by Crippen LogP contribution is 2.46. The highest BCUT2D eigenvalue weighted by molar-refractivity contribution is 6.36. The number of rotatable bonds is 4. The van der Waals surface area contributed by atoms with Crippen molar-refractivity contribution in [3.05, 3.63) is 68.6 Å². The fourth-order valence-corrected chi connectivity index (χ4v) is 3.24. The summed E-state index contributed by atoms with van der Waals surface area (Å²) in [5, 5.41) is 6.90. The molecule has 4 nitrogen and oxygen atoms in total. The number of carbonyl (C=O) groups is 2. The van der Waals surface area contributed by atoms with Crippen molar-refractivity contribution in [2.24, 2.45) is 11.8 Å². The van der Waals surface area contributed by atoms with E-state index in [1.165, 1.54) is 12.1 Å². The third-order valence-electron chi connectivity index (χ3n) is 3.96. The van der Waals surface area contributed by atoms with Crippen molar-refractivity contribution in [3.8, 4) is 0 Å². The summed E-state index contributed by atoms with van der Waals surface area (Å²) >= 11 is 23.9.